The van der Waals surface area contributed by atoms with E-state index in [4.69, 9.17) is 0 Å². The molecule has 2 rings (SSSR count). The van der Waals surface area contributed by atoms with E-state index in [2.05, 4.69) is 0 Å². The smallest absolute Gasteiger partial charge is 0.156 e. The standard InChI is InChI=1S/C9H8O2/c10-8-4-3-6-1-2-7(5-8)9(6)11/h1-4,6-7H,5H2. The summed E-state index contributed by atoms with van der Waals surface area (Å²) in [4.78, 5) is 22.2. The lowest BCUT2D eigenvalue weighted by molar-refractivity contribution is -0.124. The SMILES string of the molecule is O=C1C=CC2C=CC(C1)C2=O. The molecule has 2 atom stereocenters. The Balaban J connectivity index is 2.37. The summed E-state index contributed by atoms with van der Waals surface area (Å²) in [5, 5.41) is 0. The molecule has 0 N–H and O–H groups in total. The largest absolute Gasteiger partial charge is 0.298 e. The summed E-state index contributed by atoms with van der Waals surface area (Å²) in [7, 11) is 0. The maximum atomic E-state index is 11.3. The molecule has 0 saturated heterocycles. The molecule has 0 aliphatic heterocycles. The molecule has 2 aliphatic carbocycles. The molecule has 0 aromatic rings. The van der Waals surface area contributed by atoms with E-state index in [9.17, 15) is 9.59 Å². The second-order valence-electron chi connectivity index (χ2n) is 2.95. The van der Waals surface area contributed by atoms with E-state index < -0.39 is 0 Å². The van der Waals surface area contributed by atoms with Crippen molar-refractivity contribution in [1.82, 2.24) is 0 Å². The first kappa shape index (κ1) is 6.53. The summed E-state index contributed by atoms with van der Waals surface area (Å²) in [6, 6.07) is 0. The van der Waals surface area contributed by atoms with Crippen LogP contribution in [-0.2, 0) is 9.59 Å². The number of allylic oxidation sites excluding steroid dienone is 4. The Morgan fingerprint density at radius 2 is 2.00 bits per heavy atom. The Bertz CT molecular complexity index is 273. The quantitative estimate of drug-likeness (QED) is 0.478. The molecule has 0 saturated carbocycles. The molecule has 0 amide bonds. The Hall–Kier alpha value is -1.18. The Kier molecular flexibility index (Phi) is 1.28. The first-order chi connectivity index (χ1) is 5.27. The second-order valence-corrected chi connectivity index (χ2v) is 2.95. The molecule has 0 spiro atoms. The van der Waals surface area contributed by atoms with Crippen molar-refractivity contribution in [2.24, 2.45) is 11.8 Å². The van der Waals surface area contributed by atoms with E-state index in [0.717, 1.165) is 0 Å². The molecule has 2 aliphatic rings. The van der Waals surface area contributed by atoms with Gasteiger partial charge in [0, 0.05) is 12.3 Å². The van der Waals surface area contributed by atoms with Crippen LogP contribution in [0.5, 0.6) is 0 Å². The minimum atomic E-state index is -0.137. The van der Waals surface area contributed by atoms with Gasteiger partial charge in [-0.25, -0.2) is 0 Å². The van der Waals surface area contributed by atoms with E-state index in [1.807, 2.05) is 12.2 Å². The fraction of sp³-hybridized carbons (Fsp3) is 0.333. The molecule has 2 heteroatoms. The zero-order valence-electron chi connectivity index (χ0n) is 5.99. The van der Waals surface area contributed by atoms with Gasteiger partial charge >= 0.3 is 0 Å². The third-order valence-electron chi connectivity index (χ3n) is 2.16. The highest BCUT2D eigenvalue weighted by Crippen LogP contribution is 2.26. The summed E-state index contributed by atoms with van der Waals surface area (Å²) in [6.07, 6.45) is 7.28. The number of rotatable bonds is 0. The lowest BCUT2D eigenvalue weighted by Gasteiger charge is -2.01. The number of Topliss-reactive ketones (excluding diaryl/α,β-unsaturated/α-hetero) is 1. The number of carbonyl (C=O) groups is 2. The van der Waals surface area contributed by atoms with Gasteiger partial charge < -0.3 is 0 Å². The molecule has 11 heavy (non-hydrogen) atoms. The molecular weight excluding hydrogens is 140 g/mol. The Morgan fingerprint density at radius 1 is 1.18 bits per heavy atom. The van der Waals surface area contributed by atoms with Crippen molar-refractivity contribution in [3.63, 3.8) is 0 Å². The maximum absolute atomic E-state index is 11.3. The van der Waals surface area contributed by atoms with Crippen LogP contribution in [0.25, 0.3) is 0 Å². The first-order valence-electron chi connectivity index (χ1n) is 3.70. The van der Waals surface area contributed by atoms with Gasteiger partial charge in [0.15, 0.2) is 11.6 Å². The van der Waals surface area contributed by atoms with Crippen LogP contribution in [0.1, 0.15) is 6.42 Å². The average molecular weight is 148 g/mol. The predicted molar refractivity (Wildman–Crippen MR) is 39.9 cm³/mol. The van der Waals surface area contributed by atoms with Gasteiger partial charge in [0.25, 0.3) is 0 Å². The maximum Gasteiger partial charge on any atom is 0.156 e. The monoisotopic (exact) mass is 148 g/mol. The third kappa shape index (κ3) is 0.946. The van der Waals surface area contributed by atoms with Crippen molar-refractivity contribution < 1.29 is 9.59 Å². The number of hydrogen-bond donors (Lipinski definition) is 0. The van der Waals surface area contributed by atoms with E-state index in [1.165, 1.54) is 6.08 Å². The van der Waals surface area contributed by atoms with Crippen molar-refractivity contribution in [1.29, 1.82) is 0 Å². The summed E-state index contributed by atoms with van der Waals surface area (Å²) in [6.45, 7) is 0. The fourth-order valence-electron chi connectivity index (χ4n) is 1.51. The van der Waals surface area contributed by atoms with E-state index in [1.54, 1.807) is 6.08 Å². The highest BCUT2D eigenvalue weighted by atomic mass is 16.1. The van der Waals surface area contributed by atoms with Crippen LogP contribution >= 0.6 is 0 Å². The summed E-state index contributed by atoms with van der Waals surface area (Å²) >= 11 is 0. The fourth-order valence-corrected chi connectivity index (χ4v) is 1.51. The van der Waals surface area contributed by atoms with Gasteiger partial charge in [-0.05, 0) is 6.08 Å². The van der Waals surface area contributed by atoms with Crippen molar-refractivity contribution in [2.45, 2.75) is 6.42 Å². The van der Waals surface area contributed by atoms with Crippen molar-refractivity contribution in [3.05, 3.63) is 24.3 Å². The van der Waals surface area contributed by atoms with Crippen LogP contribution in [0.4, 0.5) is 0 Å². The third-order valence-corrected chi connectivity index (χ3v) is 2.16. The van der Waals surface area contributed by atoms with Crippen molar-refractivity contribution in [3.8, 4) is 0 Å². The number of carbonyl (C=O) groups excluding carboxylic acids is 2. The van der Waals surface area contributed by atoms with Gasteiger partial charge in [0.2, 0.25) is 0 Å². The van der Waals surface area contributed by atoms with Crippen LogP contribution in [0.2, 0.25) is 0 Å². The van der Waals surface area contributed by atoms with E-state index in [-0.39, 0.29) is 23.4 Å². The van der Waals surface area contributed by atoms with Gasteiger partial charge in [0.05, 0.1) is 5.92 Å². The van der Waals surface area contributed by atoms with Gasteiger partial charge in [-0.15, -0.1) is 0 Å². The molecule has 2 unspecified atom stereocenters. The van der Waals surface area contributed by atoms with Gasteiger partial charge in [-0.3, -0.25) is 9.59 Å². The Labute approximate surface area is 64.6 Å². The van der Waals surface area contributed by atoms with Crippen LogP contribution in [0, 0.1) is 11.8 Å². The average Bonchev–Trinajstić information content (AvgIpc) is 2.20. The zero-order chi connectivity index (χ0) is 7.84. The molecule has 56 valence electrons. The van der Waals surface area contributed by atoms with Crippen LogP contribution in [-0.4, -0.2) is 11.6 Å². The minimum absolute atomic E-state index is 0.0650. The van der Waals surface area contributed by atoms with E-state index >= 15 is 0 Å². The molecule has 0 aromatic heterocycles. The zero-order valence-corrected chi connectivity index (χ0v) is 5.99. The Morgan fingerprint density at radius 3 is 2.82 bits per heavy atom. The lowest BCUT2D eigenvalue weighted by Crippen LogP contribution is -2.13. The van der Waals surface area contributed by atoms with Gasteiger partial charge in [0.1, 0.15) is 0 Å². The molecule has 2 bridgehead atoms. The summed E-state index contributed by atoms with van der Waals surface area (Å²) in [5.41, 5.74) is 0. The highest BCUT2D eigenvalue weighted by molar-refractivity contribution is 6.01. The molecule has 0 fully saturated rings. The molecule has 0 aromatic carbocycles. The molecule has 0 heterocycles. The second kappa shape index (κ2) is 2.16. The topological polar surface area (TPSA) is 34.1 Å². The minimum Gasteiger partial charge on any atom is -0.298 e. The van der Waals surface area contributed by atoms with Crippen molar-refractivity contribution in [2.75, 3.05) is 0 Å². The van der Waals surface area contributed by atoms with Crippen LogP contribution in [0.15, 0.2) is 24.3 Å². The normalized spacial score (nSPS) is 34.5. The number of fused-ring (bicyclic) bond motifs is 2. The highest BCUT2D eigenvalue weighted by Gasteiger charge is 2.30. The summed E-state index contributed by atoms with van der Waals surface area (Å²) < 4.78 is 0. The van der Waals surface area contributed by atoms with Crippen LogP contribution in [0.3, 0.4) is 0 Å². The van der Waals surface area contributed by atoms with Gasteiger partial charge in [-0.1, -0.05) is 18.2 Å². The van der Waals surface area contributed by atoms with Gasteiger partial charge in [-0.2, -0.15) is 0 Å². The van der Waals surface area contributed by atoms with Crippen molar-refractivity contribution >= 4 is 11.6 Å². The number of hydrogen-bond acceptors (Lipinski definition) is 2. The molecule has 0 radical (unpaired) electrons. The predicted octanol–water partition coefficient (Wildman–Crippen LogP) is 0.887. The van der Waals surface area contributed by atoms with E-state index in [0.29, 0.717) is 6.42 Å². The molecular formula is C9H8O2. The van der Waals surface area contributed by atoms with Crippen LogP contribution < -0.4 is 0 Å². The number of ketones is 2. The lowest BCUT2D eigenvalue weighted by atomic mass is 10.0. The summed E-state index contributed by atoms with van der Waals surface area (Å²) in [5.74, 6) is -0.0174. The first-order valence-corrected chi connectivity index (χ1v) is 3.70. The molecule has 2 nitrogen and oxygen atoms in total.